The highest BCUT2D eigenvalue weighted by Gasteiger charge is 2.16. The number of carbonyl (C=O) groups is 1. The van der Waals surface area contributed by atoms with E-state index in [1.54, 1.807) is 31.2 Å². The molecule has 1 unspecified atom stereocenters. The molecule has 30 heavy (non-hydrogen) atoms. The first kappa shape index (κ1) is 21.4. The number of ether oxygens (including phenoxy) is 1. The molecule has 9 heteroatoms. The van der Waals surface area contributed by atoms with Gasteiger partial charge in [0, 0.05) is 17.3 Å². The number of amides is 1. The van der Waals surface area contributed by atoms with Crippen molar-refractivity contribution in [2.45, 2.75) is 38.2 Å². The maximum Gasteiger partial charge on any atom is 0.263 e. The molecule has 3 aromatic rings. The molecule has 0 saturated heterocycles. The van der Waals surface area contributed by atoms with Crippen LogP contribution in [-0.4, -0.2) is 25.6 Å². The summed E-state index contributed by atoms with van der Waals surface area (Å²) in [6.07, 6.45) is 0.907. The van der Waals surface area contributed by atoms with Crippen molar-refractivity contribution >= 4 is 27.4 Å². The molecular formula is C21H23N3O5S. The van der Waals surface area contributed by atoms with E-state index in [9.17, 15) is 13.2 Å². The molecule has 1 atom stereocenters. The smallest absolute Gasteiger partial charge is 0.263 e. The summed E-state index contributed by atoms with van der Waals surface area (Å²) in [4.78, 5) is 12.6. The predicted molar refractivity (Wildman–Crippen MR) is 113 cm³/mol. The van der Waals surface area contributed by atoms with Gasteiger partial charge in [0.1, 0.15) is 11.5 Å². The lowest BCUT2D eigenvalue weighted by Crippen LogP contribution is -2.15. The van der Waals surface area contributed by atoms with Gasteiger partial charge in [0.2, 0.25) is 0 Å². The van der Waals surface area contributed by atoms with Crippen LogP contribution in [0.1, 0.15) is 36.4 Å². The summed E-state index contributed by atoms with van der Waals surface area (Å²) in [7, 11) is -3.82. The fraction of sp³-hybridized carbons (Fsp3) is 0.238. The first-order chi connectivity index (χ1) is 14.3. The van der Waals surface area contributed by atoms with Crippen molar-refractivity contribution in [1.29, 1.82) is 0 Å². The number of aromatic nitrogens is 1. The largest absolute Gasteiger partial charge is 0.491 e. The number of carbonyl (C=O) groups excluding carboxylic acids is 1. The summed E-state index contributed by atoms with van der Waals surface area (Å²) in [5, 5.41) is 6.36. The minimum absolute atomic E-state index is 0.0325. The molecule has 0 radical (unpaired) electrons. The van der Waals surface area contributed by atoms with Crippen molar-refractivity contribution < 1.29 is 22.5 Å². The van der Waals surface area contributed by atoms with Crippen LogP contribution in [0.4, 0.5) is 11.5 Å². The molecule has 0 bridgehead atoms. The number of nitrogens with zero attached hydrogens (tertiary/aromatic N) is 1. The Labute approximate surface area is 175 Å². The van der Waals surface area contributed by atoms with Gasteiger partial charge in [0.15, 0.2) is 5.82 Å². The van der Waals surface area contributed by atoms with E-state index >= 15 is 0 Å². The Bertz CT molecular complexity index is 1120. The highest BCUT2D eigenvalue weighted by Crippen LogP contribution is 2.20. The number of benzene rings is 2. The molecule has 1 heterocycles. The van der Waals surface area contributed by atoms with Crippen molar-refractivity contribution in [3.8, 4) is 5.75 Å². The molecule has 0 fully saturated rings. The predicted octanol–water partition coefficient (Wildman–Crippen LogP) is 4.21. The summed E-state index contributed by atoms with van der Waals surface area (Å²) in [5.41, 5.74) is 0.903. The van der Waals surface area contributed by atoms with Crippen LogP contribution in [0.15, 0.2) is 64.0 Å². The molecule has 0 saturated carbocycles. The summed E-state index contributed by atoms with van der Waals surface area (Å²) in [5.74, 6) is 0.887. The van der Waals surface area contributed by atoms with Gasteiger partial charge in [-0.1, -0.05) is 18.1 Å². The molecule has 8 nitrogen and oxygen atoms in total. The van der Waals surface area contributed by atoms with Crippen LogP contribution in [-0.2, 0) is 10.0 Å². The van der Waals surface area contributed by atoms with Crippen LogP contribution < -0.4 is 14.8 Å². The van der Waals surface area contributed by atoms with Gasteiger partial charge in [0.05, 0.1) is 11.0 Å². The Kier molecular flexibility index (Phi) is 6.41. The first-order valence-corrected chi connectivity index (χ1v) is 10.9. The van der Waals surface area contributed by atoms with Crippen molar-refractivity contribution in [3.05, 3.63) is 65.9 Å². The molecule has 0 spiro atoms. The normalized spacial score (nSPS) is 12.2. The van der Waals surface area contributed by atoms with Gasteiger partial charge in [-0.2, -0.15) is 0 Å². The van der Waals surface area contributed by atoms with Crippen LogP contribution in [0.25, 0.3) is 0 Å². The standard InChI is InChI=1S/C21H23N3O5S/c1-4-14(2)28-18-7-5-6-16(13-18)21(25)22-17-8-10-19(11-9-17)30(26,27)24-20-12-15(3)29-23-20/h5-14H,4H2,1-3H3,(H,22,25)(H,23,24). The fourth-order valence-corrected chi connectivity index (χ4v) is 3.54. The highest BCUT2D eigenvalue weighted by atomic mass is 32.2. The van der Waals surface area contributed by atoms with E-state index in [-0.39, 0.29) is 22.7 Å². The second-order valence-electron chi connectivity index (χ2n) is 6.77. The molecule has 158 valence electrons. The summed E-state index contributed by atoms with van der Waals surface area (Å²) >= 11 is 0. The zero-order valence-electron chi connectivity index (χ0n) is 16.9. The third-order valence-corrected chi connectivity index (χ3v) is 5.67. The van der Waals surface area contributed by atoms with E-state index in [4.69, 9.17) is 9.26 Å². The third-order valence-electron chi connectivity index (χ3n) is 4.30. The first-order valence-electron chi connectivity index (χ1n) is 9.41. The third kappa shape index (κ3) is 5.38. The summed E-state index contributed by atoms with van der Waals surface area (Å²) in [6.45, 7) is 5.64. The van der Waals surface area contributed by atoms with Gasteiger partial charge >= 0.3 is 0 Å². The molecule has 0 aliphatic carbocycles. The van der Waals surface area contributed by atoms with E-state index in [0.29, 0.717) is 22.8 Å². The van der Waals surface area contributed by atoms with Gasteiger partial charge in [0.25, 0.3) is 15.9 Å². The van der Waals surface area contributed by atoms with Crippen molar-refractivity contribution in [2.75, 3.05) is 10.0 Å². The number of sulfonamides is 1. The van der Waals surface area contributed by atoms with E-state index < -0.39 is 10.0 Å². The van der Waals surface area contributed by atoms with Crippen molar-refractivity contribution in [2.24, 2.45) is 0 Å². The second kappa shape index (κ2) is 9.00. The lowest BCUT2D eigenvalue weighted by atomic mass is 10.2. The van der Waals surface area contributed by atoms with Crippen LogP contribution in [0.2, 0.25) is 0 Å². The Hall–Kier alpha value is -3.33. The SMILES string of the molecule is CCC(C)Oc1cccc(C(=O)Nc2ccc(S(=O)(=O)Nc3cc(C)on3)cc2)c1. The lowest BCUT2D eigenvalue weighted by molar-refractivity contribution is 0.102. The zero-order chi connectivity index (χ0) is 21.7. The van der Waals surface area contributed by atoms with Crippen molar-refractivity contribution in [1.82, 2.24) is 5.16 Å². The number of hydrogen-bond acceptors (Lipinski definition) is 6. The quantitative estimate of drug-likeness (QED) is 0.555. The van der Waals surface area contributed by atoms with Gasteiger partial charge in [-0.15, -0.1) is 0 Å². The average molecular weight is 429 g/mol. The van der Waals surface area contributed by atoms with Crippen molar-refractivity contribution in [3.63, 3.8) is 0 Å². The van der Waals surface area contributed by atoms with Gasteiger partial charge in [-0.05, 0) is 62.7 Å². The van der Waals surface area contributed by atoms with E-state index in [1.807, 2.05) is 13.8 Å². The number of anilines is 2. The minimum Gasteiger partial charge on any atom is -0.491 e. The van der Waals surface area contributed by atoms with Gasteiger partial charge in [-0.3, -0.25) is 9.52 Å². The number of hydrogen-bond donors (Lipinski definition) is 2. The Morgan fingerprint density at radius 3 is 2.53 bits per heavy atom. The number of rotatable bonds is 8. The summed E-state index contributed by atoms with van der Waals surface area (Å²) in [6, 6.07) is 14.2. The Morgan fingerprint density at radius 2 is 1.90 bits per heavy atom. The molecule has 3 rings (SSSR count). The zero-order valence-corrected chi connectivity index (χ0v) is 17.7. The Morgan fingerprint density at radius 1 is 1.17 bits per heavy atom. The van der Waals surface area contributed by atoms with Crippen LogP contribution in [0, 0.1) is 6.92 Å². The summed E-state index contributed by atoms with van der Waals surface area (Å²) < 4.78 is 37.8. The van der Waals surface area contributed by atoms with E-state index in [2.05, 4.69) is 15.2 Å². The van der Waals surface area contributed by atoms with Crippen LogP contribution >= 0.6 is 0 Å². The Balaban J connectivity index is 1.68. The molecule has 1 aromatic heterocycles. The van der Waals surface area contributed by atoms with Gasteiger partial charge < -0.3 is 14.6 Å². The maximum absolute atomic E-state index is 12.5. The molecule has 0 aliphatic rings. The van der Waals surface area contributed by atoms with Crippen LogP contribution in [0.3, 0.4) is 0 Å². The van der Waals surface area contributed by atoms with E-state index in [1.165, 1.54) is 30.3 Å². The molecule has 2 aromatic carbocycles. The fourth-order valence-electron chi connectivity index (χ4n) is 2.56. The molecule has 1 amide bonds. The minimum atomic E-state index is -3.82. The highest BCUT2D eigenvalue weighted by molar-refractivity contribution is 7.92. The molecule has 2 N–H and O–H groups in total. The van der Waals surface area contributed by atoms with Crippen LogP contribution in [0.5, 0.6) is 5.75 Å². The second-order valence-corrected chi connectivity index (χ2v) is 8.45. The molecule has 0 aliphatic heterocycles. The van der Waals surface area contributed by atoms with E-state index in [0.717, 1.165) is 6.42 Å². The van der Waals surface area contributed by atoms with Gasteiger partial charge in [-0.25, -0.2) is 8.42 Å². The monoisotopic (exact) mass is 429 g/mol. The number of aryl methyl sites for hydroxylation is 1. The maximum atomic E-state index is 12.5. The average Bonchev–Trinajstić information content (AvgIpc) is 3.12. The number of nitrogens with one attached hydrogen (secondary N) is 2. The molecular weight excluding hydrogens is 406 g/mol. The lowest BCUT2D eigenvalue weighted by Gasteiger charge is -2.13. The topological polar surface area (TPSA) is 111 Å².